The molecule has 0 aliphatic rings. The number of rotatable bonds is 8. The largest absolute Gasteiger partial charge is 0.493 e. The van der Waals surface area contributed by atoms with E-state index < -0.39 is 0 Å². The number of hydrogen-bond acceptors (Lipinski definition) is 4. The van der Waals surface area contributed by atoms with Crippen LogP contribution >= 0.6 is 0 Å². The van der Waals surface area contributed by atoms with Gasteiger partial charge in [-0.05, 0) is 49.6 Å². The average Bonchev–Trinajstić information content (AvgIpc) is 2.65. The first kappa shape index (κ1) is 22.3. The predicted molar refractivity (Wildman–Crippen MR) is 115 cm³/mol. The van der Waals surface area contributed by atoms with Gasteiger partial charge in [0.25, 0.3) is 0 Å². The maximum absolute atomic E-state index is 12.3. The zero-order valence-electron chi connectivity index (χ0n) is 18.1. The van der Waals surface area contributed by atoms with Crippen LogP contribution in [-0.4, -0.2) is 39.1 Å². The molecule has 2 aromatic rings. The fourth-order valence-electron chi connectivity index (χ4n) is 3.57. The van der Waals surface area contributed by atoms with Crippen molar-refractivity contribution in [3.63, 3.8) is 0 Å². The van der Waals surface area contributed by atoms with Gasteiger partial charge in [0.05, 0.1) is 20.6 Å². The molecule has 2 rings (SSSR count). The van der Waals surface area contributed by atoms with Gasteiger partial charge in [0.15, 0.2) is 11.5 Å². The van der Waals surface area contributed by atoms with Gasteiger partial charge < -0.3 is 19.7 Å². The Kier molecular flexibility index (Phi) is 7.65. The Morgan fingerprint density at radius 1 is 0.966 bits per heavy atom. The summed E-state index contributed by atoms with van der Waals surface area (Å²) in [7, 11) is 3.13. The zero-order valence-corrected chi connectivity index (χ0v) is 18.1. The van der Waals surface area contributed by atoms with Crippen molar-refractivity contribution in [1.29, 1.82) is 0 Å². The minimum absolute atomic E-state index is 0.0470. The van der Waals surface area contributed by atoms with E-state index in [2.05, 4.69) is 17.4 Å². The molecule has 0 heterocycles. The lowest BCUT2D eigenvalue weighted by Crippen LogP contribution is -2.38. The Morgan fingerprint density at radius 3 is 2.14 bits per heavy atom. The molecule has 0 unspecified atom stereocenters. The molecular formula is C23H30N2O4. The number of anilines is 1. The van der Waals surface area contributed by atoms with Crippen molar-refractivity contribution in [2.75, 3.05) is 32.2 Å². The van der Waals surface area contributed by atoms with E-state index in [0.29, 0.717) is 24.6 Å². The lowest BCUT2D eigenvalue weighted by Gasteiger charge is -2.25. The number of carbonyl (C=O) groups excluding carboxylic acids is 2. The Morgan fingerprint density at radius 2 is 1.59 bits per heavy atom. The summed E-state index contributed by atoms with van der Waals surface area (Å²) in [5, 5.41) is 2.90. The number of hydrogen-bond donors (Lipinski definition) is 1. The van der Waals surface area contributed by atoms with Crippen LogP contribution in [0.25, 0.3) is 0 Å². The van der Waals surface area contributed by atoms with Crippen LogP contribution in [0.2, 0.25) is 0 Å². The first-order valence-electron chi connectivity index (χ1n) is 9.60. The minimum atomic E-state index is -0.113. The summed E-state index contributed by atoms with van der Waals surface area (Å²) in [6.45, 7) is 8.37. The van der Waals surface area contributed by atoms with Gasteiger partial charge >= 0.3 is 0 Å². The molecule has 0 aliphatic carbocycles. The van der Waals surface area contributed by atoms with E-state index in [0.717, 1.165) is 27.9 Å². The quantitative estimate of drug-likeness (QED) is 0.741. The Bertz CT molecular complexity index is 869. The first-order valence-corrected chi connectivity index (χ1v) is 9.60. The summed E-state index contributed by atoms with van der Waals surface area (Å²) in [5.41, 5.74) is 5.00. The third-order valence-electron chi connectivity index (χ3n) is 4.76. The number of nitrogens with one attached hydrogen (secondary N) is 1. The van der Waals surface area contributed by atoms with E-state index in [9.17, 15) is 9.59 Å². The van der Waals surface area contributed by atoms with Crippen molar-refractivity contribution in [3.8, 4) is 11.5 Å². The van der Waals surface area contributed by atoms with Crippen LogP contribution in [0.3, 0.4) is 0 Å². The van der Waals surface area contributed by atoms with E-state index in [4.69, 9.17) is 9.47 Å². The smallest absolute Gasteiger partial charge is 0.224 e. The fourth-order valence-corrected chi connectivity index (χ4v) is 3.57. The molecule has 0 radical (unpaired) electrons. The van der Waals surface area contributed by atoms with Gasteiger partial charge in [-0.25, -0.2) is 0 Å². The number of aryl methyl sites for hydroxylation is 3. The summed E-state index contributed by atoms with van der Waals surface area (Å²) >= 11 is 0. The molecule has 0 saturated heterocycles. The van der Waals surface area contributed by atoms with Crippen LogP contribution < -0.4 is 19.7 Å². The summed E-state index contributed by atoms with van der Waals surface area (Å²) in [6, 6.07) is 9.53. The normalized spacial score (nSPS) is 10.4. The third-order valence-corrected chi connectivity index (χ3v) is 4.76. The zero-order chi connectivity index (χ0) is 21.6. The molecule has 0 aromatic heterocycles. The van der Waals surface area contributed by atoms with Crippen molar-refractivity contribution in [3.05, 3.63) is 52.6 Å². The maximum Gasteiger partial charge on any atom is 0.224 e. The number of methoxy groups -OCH3 is 2. The summed E-state index contributed by atoms with van der Waals surface area (Å²) in [5.74, 6) is 1.05. The molecule has 156 valence electrons. The van der Waals surface area contributed by atoms with Crippen LogP contribution in [0.4, 0.5) is 5.69 Å². The van der Waals surface area contributed by atoms with Crippen LogP contribution in [0.5, 0.6) is 11.5 Å². The standard InChI is InChI=1S/C23H30N2O4/c1-15-11-16(2)23(17(3)12-15)25(18(4)26)10-9-24-22(27)14-19-7-8-20(28-5)21(13-19)29-6/h7-8,11-13H,9-10,14H2,1-6H3,(H,24,27). The molecule has 0 fully saturated rings. The third kappa shape index (κ3) is 5.73. The monoisotopic (exact) mass is 398 g/mol. The molecule has 0 atom stereocenters. The lowest BCUT2D eigenvalue weighted by atomic mass is 10.0. The second-order valence-electron chi connectivity index (χ2n) is 7.13. The average molecular weight is 399 g/mol. The summed E-state index contributed by atoms with van der Waals surface area (Å²) < 4.78 is 10.5. The second-order valence-corrected chi connectivity index (χ2v) is 7.13. The maximum atomic E-state index is 12.3. The number of ether oxygens (including phenoxy) is 2. The molecule has 0 aliphatic heterocycles. The predicted octanol–water partition coefficient (Wildman–Crippen LogP) is 3.34. The number of benzene rings is 2. The van der Waals surface area contributed by atoms with E-state index in [1.807, 2.05) is 26.8 Å². The molecule has 6 heteroatoms. The van der Waals surface area contributed by atoms with Crippen LogP contribution in [0.15, 0.2) is 30.3 Å². The van der Waals surface area contributed by atoms with Crippen LogP contribution in [0, 0.1) is 20.8 Å². The Labute approximate surface area is 172 Å². The Balaban J connectivity index is 2.00. The minimum Gasteiger partial charge on any atom is -0.493 e. The SMILES string of the molecule is COc1ccc(CC(=O)NCCN(C(C)=O)c2c(C)cc(C)cc2C)cc1OC. The van der Waals surface area contributed by atoms with Crippen LogP contribution in [0.1, 0.15) is 29.2 Å². The number of amides is 2. The van der Waals surface area contributed by atoms with E-state index >= 15 is 0 Å². The van der Waals surface area contributed by atoms with Crippen molar-refractivity contribution in [2.24, 2.45) is 0 Å². The fraction of sp³-hybridized carbons (Fsp3) is 0.391. The van der Waals surface area contributed by atoms with E-state index in [1.165, 1.54) is 0 Å². The molecule has 0 bridgehead atoms. The van der Waals surface area contributed by atoms with Crippen molar-refractivity contribution in [1.82, 2.24) is 5.32 Å². The van der Waals surface area contributed by atoms with Crippen molar-refractivity contribution >= 4 is 17.5 Å². The lowest BCUT2D eigenvalue weighted by molar-refractivity contribution is -0.121. The summed E-state index contributed by atoms with van der Waals surface area (Å²) in [4.78, 5) is 26.3. The van der Waals surface area contributed by atoms with Crippen molar-refractivity contribution < 1.29 is 19.1 Å². The van der Waals surface area contributed by atoms with Gasteiger partial charge in [0.2, 0.25) is 11.8 Å². The molecule has 1 N–H and O–H groups in total. The highest BCUT2D eigenvalue weighted by atomic mass is 16.5. The highest BCUT2D eigenvalue weighted by Gasteiger charge is 2.17. The molecule has 0 saturated carbocycles. The van der Waals surface area contributed by atoms with Gasteiger partial charge in [0.1, 0.15) is 0 Å². The molecule has 6 nitrogen and oxygen atoms in total. The van der Waals surface area contributed by atoms with Gasteiger partial charge in [-0.1, -0.05) is 23.8 Å². The number of nitrogens with zero attached hydrogens (tertiary/aromatic N) is 1. The highest BCUT2D eigenvalue weighted by molar-refractivity contribution is 5.93. The van der Waals surface area contributed by atoms with Crippen LogP contribution in [-0.2, 0) is 16.0 Å². The molecule has 0 spiro atoms. The molecule has 2 amide bonds. The Hall–Kier alpha value is -3.02. The summed E-state index contributed by atoms with van der Waals surface area (Å²) in [6.07, 6.45) is 0.225. The van der Waals surface area contributed by atoms with Gasteiger partial charge in [0, 0.05) is 25.7 Å². The highest BCUT2D eigenvalue weighted by Crippen LogP contribution is 2.28. The second kappa shape index (κ2) is 9.96. The topological polar surface area (TPSA) is 67.9 Å². The van der Waals surface area contributed by atoms with Gasteiger partial charge in [-0.3, -0.25) is 9.59 Å². The van der Waals surface area contributed by atoms with E-state index in [1.54, 1.807) is 38.2 Å². The molecule has 2 aromatic carbocycles. The van der Waals surface area contributed by atoms with E-state index in [-0.39, 0.29) is 18.2 Å². The van der Waals surface area contributed by atoms with Gasteiger partial charge in [-0.2, -0.15) is 0 Å². The van der Waals surface area contributed by atoms with Gasteiger partial charge in [-0.15, -0.1) is 0 Å². The number of carbonyl (C=O) groups is 2. The van der Waals surface area contributed by atoms with Crippen molar-refractivity contribution in [2.45, 2.75) is 34.1 Å². The molecular weight excluding hydrogens is 368 g/mol. The molecule has 29 heavy (non-hydrogen) atoms. The first-order chi connectivity index (χ1) is 13.8.